The van der Waals surface area contributed by atoms with Crippen molar-refractivity contribution in [1.29, 1.82) is 0 Å². The van der Waals surface area contributed by atoms with Crippen LogP contribution in [0.1, 0.15) is 54.5 Å². The van der Waals surface area contributed by atoms with Crippen molar-refractivity contribution >= 4 is 11.5 Å². The number of para-hydroxylation sites is 1. The molecule has 0 atom stereocenters. The molecule has 0 saturated heterocycles. The Morgan fingerprint density at radius 2 is 1.62 bits per heavy atom. The topological polar surface area (TPSA) is 42.5 Å². The summed E-state index contributed by atoms with van der Waals surface area (Å²) in [4.78, 5) is 9.43. The highest BCUT2D eigenvalue weighted by molar-refractivity contribution is 6.05. The number of hydrogen-bond acceptors (Lipinski definition) is 3. The van der Waals surface area contributed by atoms with Crippen LogP contribution in [0, 0.1) is 26.7 Å². The number of aromatic nitrogens is 2. The molecule has 1 fully saturated rings. The van der Waals surface area contributed by atoms with Gasteiger partial charge in [0.25, 0.3) is 0 Å². The molecule has 32 heavy (non-hydrogen) atoms. The fourth-order valence-corrected chi connectivity index (χ4v) is 4.53. The number of aliphatic imine (C=N–C) groups is 2. The molecule has 0 unspecified atom stereocenters. The van der Waals surface area contributed by atoms with Crippen LogP contribution in [0.4, 0.5) is 0 Å². The summed E-state index contributed by atoms with van der Waals surface area (Å²) in [5.41, 5.74) is 9.92. The highest BCUT2D eigenvalue weighted by atomic mass is 15.3. The van der Waals surface area contributed by atoms with Crippen LogP contribution in [0.15, 0.2) is 58.5 Å². The average Bonchev–Trinajstić information content (AvgIpc) is 3.39. The molecule has 1 aliphatic carbocycles. The molecular formula is C28H32N4. The fourth-order valence-electron chi connectivity index (χ4n) is 4.53. The van der Waals surface area contributed by atoms with Gasteiger partial charge in [0, 0.05) is 23.4 Å². The minimum Gasteiger partial charge on any atom is -0.264 e. The van der Waals surface area contributed by atoms with Crippen molar-refractivity contribution in [2.75, 3.05) is 6.54 Å². The summed E-state index contributed by atoms with van der Waals surface area (Å²) in [6.45, 7) is 7.38. The fraction of sp³-hybridized carbons (Fsp3) is 0.393. The SMILES string of the molecule is Cc1cc(C)c(-c2cc(CCCCC3=NCC(C4CC4)=N3)n(-c3ccccc3)n2)cc1C. The molecule has 0 spiro atoms. The van der Waals surface area contributed by atoms with E-state index in [0.717, 1.165) is 55.4 Å². The number of unbranched alkanes of at least 4 members (excludes halogenated alkanes) is 1. The van der Waals surface area contributed by atoms with Crippen molar-refractivity contribution in [3.63, 3.8) is 0 Å². The van der Waals surface area contributed by atoms with E-state index in [1.807, 2.05) is 0 Å². The summed E-state index contributed by atoms with van der Waals surface area (Å²) < 4.78 is 2.13. The lowest BCUT2D eigenvalue weighted by Gasteiger charge is -2.08. The first-order valence-electron chi connectivity index (χ1n) is 11.9. The molecule has 2 heterocycles. The number of benzene rings is 2. The van der Waals surface area contributed by atoms with E-state index in [9.17, 15) is 0 Å². The lowest BCUT2D eigenvalue weighted by Crippen LogP contribution is -2.03. The Morgan fingerprint density at radius 1 is 0.875 bits per heavy atom. The highest BCUT2D eigenvalue weighted by Gasteiger charge is 2.29. The molecule has 164 valence electrons. The Labute approximate surface area is 191 Å². The van der Waals surface area contributed by atoms with Crippen molar-refractivity contribution < 1.29 is 0 Å². The maximum atomic E-state index is 5.05. The Hall–Kier alpha value is -3.01. The quantitative estimate of drug-likeness (QED) is 0.384. The van der Waals surface area contributed by atoms with Crippen LogP contribution in [0.25, 0.3) is 16.9 Å². The first-order valence-corrected chi connectivity index (χ1v) is 11.9. The summed E-state index contributed by atoms with van der Waals surface area (Å²) in [6.07, 6.45) is 6.83. The van der Waals surface area contributed by atoms with E-state index >= 15 is 0 Å². The number of amidine groups is 1. The molecule has 4 nitrogen and oxygen atoms in total. The summed E-state index contributed by atoms with van der Waals surface area (Å²) in [7, 11) is 0. The van der Waals surface area contributed by atoms with E-state index in [-0.39, 0.29) is 0 Å². The summed E-state index contributed by atoms with van der Waals surface area (Å²) in [6, 6.07) is 17.3. The van der Waals surface area contributed by atoms with Gasteiger partial charge in [0.2, 0.25) is 0 Å². The molecule has 3 aromatic rings. The molecule has 1 aromatic heterocycles. The second-order valence-electron chi connectivity index (χ2n) is 9.34. The van der Waals surface area contributed by atoms with Crippen molar-refractivity contribution in [2.45, 2.75) is 59.3 Å². The van der Waals surface area contributed by atoms with Gasteiger partial charge in [-0.3, -0.25) is 4.99 Å². The molecule has 0 N–H and O–H groups in total. The van der Waals surface area contributed by atoms with Crippen molar-refractivity contribution in [1.82, 2.24) is 9.78 Å². The second kappa shape index (κ2) is 8.85. The van der Waals surface area contributed by atoms with E-state index in [1.165, 1.54) is 46.5 Å². The first kappa shape index (κ1) is 20.9. The van der Waals surface area contributed by atoms with Gasteiger partial charge in [-0.2, -0.15) is 5.10 Å². The van der Waals surface area contributed by atoms with E-state index in [0.29, 0.717) is 0 Å². The van der Waals surface area contributed by atoms with Gasteiger partial charge in [0.1, 0.15) is 5.84 Å². The zero-order valence-electron chi connectivity index (χ0n) is 19.4. The van der Waals surface area contributed by atoms with Crippen LogP contribution in [0.5, 0.6) is 0 Å². The third-order valence-corrected chi connectivity index (χ3v) is 6.73. The molecule has 0 amide bonds. The van der Waals surface area contributed by atoms with Crippen molar-refractivity contribution in [2.24, 2.45) is 15.9 Å². The average molecular weight is 425 g/mol. The Balaban J connectivity index is 1.33. The van der Waals surface area contributed by atoms with Gasteiger partial charge in [-0.1, -0.05) is 24.3 Å². The minimum absolute atomic E-state index is 0.740. The number of rotatable bonds is 8. The van der Waals surface area contributed by atoms with Crippen LogP contribution in [0.3, 0.4) is 0 Å². The van der Waals surface area contributed by atoms with E-state index in [4.69, 9.17) is 10.1 Å². The number of hydrogen-bond donors (Lipinski definition) is 0. The van der Waals surface area contributed by atoms with Gasteiger partial charge in [0.15, 0.2) is 0 Å². The number of aryl methyl sites for hydroxylation is 4. The Morgan fingerprint density at radius 3 is 2.41 bits per heavy atom. The van der Waals surface area contributed by atoms with Crippen molar-refractivity contribution in [3.8, 4) is 16.9 Å². The van der Waals surface area contributed by atoms with Crippen molar-refractivity contribution in [3.05, 3.63) is 70.9 Å². The molecule has 2 aromatic carbocycles. The molecule has 0 bridgehead atoms. The summed E-state index contributed by atoms with van der Waals surface area (Å²) >= 11 is 0. The zero-order chi connectivity index (χ0) is 22.1. The first-order chi connectivity index (χ1) is 15.6. The van der Waals surface area contributed by atoms with Crippen LogP contribution in [0.2, 0.25) is 0 Å². The van der Waals surface area contributed by atoms with Crippen LogP contribution >= 0.6 is 0 Å². The van der Waals surface area contributed by atoms with E-state index in [2.05, 4.69) is 79.0 Å². The van der Waals surface area contributed by atoms with Gasteiger partial charge in [-0.15, -0.1) is 0 Å². The largest absolute Gasteiger partial charge is 0.264 e. The second-order valence-corrected chi connectivity index (χ2v) is 9.34. The van der Waals surface area contributed by atoms with Crippen LogP contribution in [-0.4, -0.2) is 27.9 Å². The van der Waals surface area contributed by atoms with Gasteiger partial charge in [-0.25, -0.2) is 9.67 Å². The number of nitrogens with zero attached hydrogens (tertiary/aromatic N) is 4. The Kier molecular flexibility index (Phi) is 5.77. The predicted molar refractivity (Wildman–Crippen MR) is 133 cm³/mol. The molecule has 0 radical (unpaired) electrons. The van der Waals surface area contributed by atoms with Gasteiger partial charge >= 0.3 is 0 Å². The molecule has 1 saturated carbocycles. The molecule has 2 aliphatic rings. The van der Waals surface area contributed by atoms with E-state index < -0.39 is 0 Å². The van der Waals surface area contributed by atoms with Gasteiger partial charge in [-0.05, 0) is 99.7 Å². The lowest BCUT2D eigenvalue weighted by molar-refractivity contribution is 0.711. The third-order valence-electron chi connectivity index (χ3n) is 6.73. The molecule has 4 heteroatoms. The summed E-state index contributed by atoms with van der Waals surface area (Å²) in [5.74, 6) is 1.80. The van der Waals surface area contributed by atoms with Crippen LogP contribution < -0.4 is 0 Å². The third kappa shape index (κ3) is 4.45. The smallest absolute Gasteiger partial charge is 0.123 e. The predicted octanol–water partition coefficient (Wildman–Crippen LogP) is 6.44. The maximum absolute atomic E-state index is 5.05. The summed E-state index contributed by atoms with van der Waals surface area (Å²) in [5, 5.41) is 5.05. The van der Waals surface area contributed by atoms with Gasteiger partial charge < -0.3 is 0 Å². The monoisotopic (exact) mass is 424 g/mol. The highest BCUT2D eigenvalue weighted by Crippen LogP contribution is 2.32. The molecular weight excluding hydrogens is 392 g/mol. The van der Waals surface area contributed by atoms with Gasteiger partial charge in [0.05, 0.1) is 17.9 Å². The Bertz CT molecular complexity index is 1180. The van der Waals surface area contributed by atoms with Crippen LogP contribution in [-0.2, 0) is 6.42 Å². The minimum atomic E-state index is 0.740. The van der Waals surface area contributed by atoms with E-state index in [1.54, 1.807) is 0 Å². The zero-order valence-corrected chi connectivity index (χ0v) is 19.4. The standard InChI is InChI=1S/C28H32N4/c1-19-15-21(3)25(16-20(19)2)26-17-24(32(31-26)23-9-5-4-6-10-23)11-7-8-12-28-29-18-27(30-28)22-13-14-22/h4-6,9-10,15-17,22H,7-8,11-14,18H2,1-3H3. The normalized spacial score (nSPS) is 15.7. The molecule has 5 rings (SSSR count). The maximum Gasteiger partial charge on any atom is 0.123 e. The lowest BCUT2D eigenvalue weighted by atomic mass is 9.98. The molecule has 1 aliphatic heterocycles.